The number of halogens is 1. The van der Waals surface area contributed by atoms with E-state index in [9.17, 15) is 4.79 Å². The first kappa shape index (κ1) is 13.2. The van der Waals surface area contributed by atoms with E-state index >= 15 is 0 Å². The van der Waals surface area contributed by atoms with Crippen LogP contribution >= 0.6 is 11.6 Å². The third-order valence-corrected chi connectivity index (χ3v) is 3.47. The number of benzene rings is 1. The molecule has 0 aliphatic heterocycles. The van der Waals surface area contributed by atoms with Gasteiger partial charge in [-0.05, 0) is 38.1 Å². The molecule has 0 bridgehead atoms. The Hall–Kier alpha value is -1.26. The van der Waals surface area contributed by atoms with Gasteiger partial charge in [-0.25, -0.2) is 0 Å². The van der Waals surface area contributed by atoms with Crippen molar-refractivity contribution in [2.45, 2.75) is 18.9 Å². The molecule has 1 aromatic rings. The van der Waals surface area contributed by atoms with Crippen molar-refractivity contribution in [2.24, 2.45) is 0 Å². The highest BCUT2D eigenvalue weighted by Crippen LogP contribution is 2.24. The molecule has 1 aliphatic carbocycles. The minimum Gasteiger partial charge on any atom is -0.399 e. The highest BCUT2D eigenvalue weighted by molar-refractivity contribution is 6.34. The van der Waals surface area contributed by atoms with Crippen LogP contribution in [0.25, 0.3) is 0 Å². The second kappa shape index (κ2) is 5.59. The second-order valence-corrected chi connectivity index (χ2v) is 5.11. The predicted molar refractivity (Wildman–Crippen MR) is 73.8 cm³/mol. The van der Waals surface area contributed by atoms with Crippen molar-refractivity contribution in [3.8, 4) is 0 Å². The fourth-order valence-corrected chi connectivity index (χ4v) is 2.13. The van der Waals surface area contributed by atoms with Crippen LogP contribution in [0.1, 0.15) is 23.2 Å². The molecular formula is C13H18ClN3O. The van der Waals surface area contributed by atoms with Gasteiger partial charge < -0.3 is 16.0 Å². The van der Waals surface area contributed by atoms with E-state index in [1.807, 2.05) is 0 Å². The van der Waals surface area contributed by atoms with E-state index in [1.54, 1.807) is 18.2 Å². The summed E-state index contributed by atoms with van der Waals surface area (Å²) in [7, 11) is 2.08. The van der Waals surface area contributed by atoms with Gasteiger partial charge in [-0.15, -0.1) is 0 Å². The Morgan fingerprint density at radius 2 is 2.28 bits per heavy atom. The van der Waals surface area contributed by atoms with E-state index in [-0.39, 0.29) is 5.91 Å². The Labute approximate surface area is 112 Å². The molecule has 0 atom stereocenters. The summed E-state index contributed by atoms with van der Waals surface area (Å²) < 4.78 is 0. The van der Waals surface area contributed by atoms with Crippen molar-refractivity contribution in [1.29, 1.82) is 0 Å². The molecular weight excluding hydrogens is 250 g/mol. The van der Waals surface area contributed by atoms with Crippen molar-refractivity contribution >= 4 is 23.2 Å². The van der Waals surface area contributed by atoms with Gasteiger partial charge in [-0.3, -0.25) is 4.79 Å². The molecule has 1 aliphatic rings. The average molecular weight is 268 g/mol. The smallest absolute Gasteiger partial charge is 0.252 e. The maximum Gasteiger partial charge on any atom is 0.252 e. The van der Waals surface area contributed by atoms with Crippen LogP contribution in [0.15, 0.2) is 18.2 Å². The van der Waals surface area contributed by atoms with E-state index in [0.717, 1.165) is 6.54 Å². The average Bonchev–Trinajstić information content (AvgIpc) is 3.12. The van der Waals surface area contributed by atoms with Crippen LogP contribution in [0.3, 0.4) is 0 Å². The Kier molecular flexibility index (Phi) is 4.09. The number of nitrogens with two attached hydrogens (primary N) is 1. The first-order valence-electron chi connectivity index (χ1n) is 6.11. The van der Waals surface area contributed by atoms with Crippen molar-refractivity contribution in [2.75, 3.05) is 25.9 Å². The highest BCUT2D eigenvalue weighted by Gasteiger charge is 2.25. The number of carbonyl (C=O) groups excluding carboxylic acids is 1. The van der Waals surface area contributed by atoms with E-state index < -0.39 is 0 Å². The van der Waals surface area contributed by atoms with Crippen LogP contribution in [-0.4, -0.2) is 37.0 Å². The SMILES string of the molecule is CN(CCNC(=O)c1ccc(N)cc1Cl)C1CC1. The zero-order valence-electron chi connectivity index (χ0n) is 10.4. The topological polar surface area (TPSA) is 58.4 Å². The first-order chi connectivity index (χ1) is 8.58. The van der Waals surface area contributed by atoms with Crippen LogP contribution in [0, 0.1) is 0 Å². The summed E-state index contributed by atoms with van der Waals surface area (Å²) in [5, 5.41) is 3.26. The largest absolute Gasteiger partial charge is 0.399 e. The Morgan fingerprint density at radius 1 is 1.56 bits per heavy atom. The monoisotopic (exact) mass is 267 g/mol. The summed E-state index contributed by atoms with van der Waals surface area (Å²) in [5.74, 6) is -0.149. The summed E-state index contributed by atoms with van der Waals surface area (Å²) in [6.45, 7) is 1.50. The van der Waals surface area contributed by atoms with Crippen LogP contribution in [0.5, 0.6) is 0 Å². The number of rotatable bonds is 5. The fourth-order valence-electron chi connectivity index (χ4n) is 1.85. The molecule has 0 saturated heterocycles. The van der Waals surface area contributed by atoms with Gasteiger partial charge in [0.15, 0.2) is 0 Å². The van der Waals surface area contributed by atoms with E-state index in [2.05, 4.69) is 17.3 Å². The maximum atomic E-state index is 11.9. The summed E-state index contributed by atoms with van der Waals surface area (Å²) in [6, 6.07) is 5.63. The second-order valence-electron chi connectivity index (χ2n) is 4.71. The van der Waals surface area contributed by atoms with Gasteiger partial charge in [-0.1, -0.05) is 11.6 Å². The normalized spacial score (nSPS) is 14.8. The molecule has 0 heterocycles. The number of amides is 1. The molecule has 0 unspecified atom stereocenters. The number of nitrogen functional groups attached to an aromatic ring is 1. The summed E-state index contributed by atoms with van der Waals surface area (Å²) in [4.78, 5) is 14.2. The van der Waals surface area contributed by atoms with Gasteiger partial charge in [-0.2, -0.15) is 0 Å². The predicted octanol–water partition coefficient (Wildman–Crippen LogP) is 1.75. The third kappa shape index (κ3) is 3.37. The van der Waals surface area contributed by atoms with E-state index in [1.165, 1.54) is 12.8 Å². The lowest BCUT2D eigenvalue weighted by Crippen LogP contribution is -2.34. The first-order valence-corrected chi connectivity index (χ1v) is 6.49. The number of anilines is 1. The molecule has 18 heavy (non-hydrogen) atoms. The van der Waals surface area contributed by atoms with Crippen molar-refractivity contribution in [3.05, 3.63) is 28.8 Å². The van der Waals surface area contributed by atoms with Gasteiger partial charge in [0, 0.05) is 24.8 Å². The Balaban J connectivity index is 1.83. The van der Waals surface area contributed by atoms with Crippen LogP contribution in [-0.2, 0) is 0 Å². The fraction of sp³-hybridized carbons (Fsp3) is 0.462. The van der Waals surface area contributed by atoms with Gasteiger partial charge >= 0.3 is 0 Å². The molecule has 0 aromatic heterocycles. The van der Waals surface area contributed by atoms with Gasteiger partial charge in [0.1, 0.15) is 0 Å². The zero-order chi connectivity index (χ0) is 13.1. The molecule has 0 spiro atoms. The lowest BCUT2D eigenvalue weighted by molar-refractivity contribution is 0.0949. The maximum absolute atomic E-state index is 11.9. The minimum atomic E-state index is -0.149. The standard InChI is InChI=1S/C13H18ClN3O/c1-17(10-3-4-10)7-6-16-13(18)11-5-2-9(15)8-12(11)14/h2,5,8,10H,3-4,6-7,15H2,1H3,(H,16,18). The molecule has 0 radical (unpaired) electrons. The van der Waals surface area contributed by atoms with Crippen molar-refractivity contribution in [3.63, 3.8) is 0 Å². The van der Waals surface area contributed by atoms with Gasteiger partial charge in [0.2, 0.25) is 0 Å². The Morgan fingerprint density at radius 3 is 2.89 bits per heavy atom. The highest BCUT2D eigenvalue weighted by atomic mass is 35.5. The minimum absolute atomic E-state index is 0.149. The molecule has 4 nitrogen and oxygen atoms in total. The molecule has 3 N–H and O–H groups in total. The number of likely N-dealkylation sites (N-methyl/N-ethyl adjacent to an activating group) is 1. The van der Waals surface area contributed by atoms with Crippen molar-refractivity contribution < 1.29 is 4.79 Å². The van der Waals surface area contributed by atoms with Crippen molar-refractivity contribution in [1.82, 2.24) is 10.2 Å². The summed E-state index contributed by atoms with van der Waals surface area (Å²) in [6.07, 6.45) is 2.54. The lowest BCUT2D eigenvalue weighted by atomic mass is 10.2. The van der Waals surface area contributed by atoms with Crippen LogP contribution < -0.4 is 11.1 Å². The van der Waals surface area contributed by atoms with Crippen LogP contribution in [0.2, 0.25) is 5.02 Å². The molecule has 1 aromatic carbocycles. The van der Waals surface area contributed by atoms with E-state index in [0.29, 0.717) is 28.9 Å². The Bertz CT molecular complexity index is 446. The molecule has 98 valence electrons. The molecule has 5 heteroatoms. The summed E-state index contributed by atoms with van der Waals surface area (Å²) >= 11 is 5.98. The molecule has 1 amide bonds. The summed E-state index contributed by atoms with van der Waals surface area (Å²) in [5.41, 5.74) is 6.62. The van der Waals surface area contributed by atoms with Gasteiger partial charge in [0.05, 0.1) is 10.6 Å². The molecule has 1 saturated carbocycles. The molecule has 1 fully saturated rings. The number of carbonyl (C=O) groups is 1. The number of nitrogens with zero attached hydrogens (tertiary/aromatic N) is 1. The van der Waals surface area contributed by atoms with Crippen LogP contribution in [0.4, 0.5) is 5.69 Å². The number of nitrogens with one attached hydrogen (secondary N) is 1. The van der Waals surface area contributed by atoms with Gasteiger partial charge in [0.25, 0.3) is 5.91 Å². The van der Waals surface area contributed by atoms with E-state index in [4.69, 9.17) is 17.3 Å². The number of hydrogen-bond acceptors (Lipinski definition) is 3. The zero-order valence-corrected chi connectivity index (χ0v) is 11.2. The number of hydrogen-bond donors (Lipinski definition) is 2. The quantitative estimate of drug-likeness (QED) is 0.799. The lowest BCUT2D eigenvalue weighted by Gasteiger charge is -2.15. The third-order valence-electron chi connectivity index (χ3n) is 3.16. The molecule has 2 rings (SSSR count).